The maximum atomic E-state index is 13.0. The summed E-state index contributed by atoms with van der Waals surface area (Å²) < 4.78 is 11.4. The molecular formula is C25H30N2O4. The average molecular weight is 423 g/mol. The summed E-state index contributed by atoms with van der Waals surface area (Å²) >= 11 is 0. The Kier molecular flexibility index (Phi) is 6.75. The highest BCUT2D eigenvalue weighted by molar-refractivity contribution is 5.95. The van der Waals surface area contributed by atoms with E-state index < -0.39 is 0 Å². The number of hydrogen-bond donors (Lipinski definition) is 0. The smallest absolute Gasteiger partial charge is 0.253 e. The molecule has 2 aliphatic heterocycles. The molecule has 0 aromatic heterocycles. The predicted octanol–water partition coefficient (Wildman–Crippen LogP) is 3.75. The van der Waals surface area contributed by atoms with Crippen LogP contribution < -0.4 is 9.47 Å². The quantitative estimate of drug-likeness (QED) is 0.712. The highest BCUT2D eigenvalue weighted by Crippen LogP contribution is 2.30. The van der Waals surface area contributed by atoms with Crippen LogP contribution in [0.1, 0.15) is 41.6 Å². The van der Waals surface area contributed by atoms with E-state index in [0.29, 0.717) is 36.8 Å². The normalized spacial score (nSPS) is 16.9. The topological polar surface area (TPSA) is 59.1 Å². The Balaban J connectivity index is 1.35. The van der Waals surface area contributed by atoms with Gasteiger partial charge in [0.2, 0.25) is 5.91 Å². The van der Waals surface area contributed by atoms with Gasteiger partial charge in [0.05, 0.1) is 7.11 Å². The van der Waals surface area contributed by atoms with Gasteiger partial charge in [0, 0.05) is 37.7 Å². The van der Waals surface area contributed by atoms with Gasteiger partial charge < -0.3 is 19.3 Å². The van der Waals surface area contributed by atoms with Crippen molar-refractivity contribution in [1.29, 1.82) is 0 Å². The fraction of sp³-hybridized carbons (Fsp3) is 0.440. The number of methoxy groups -OCH3 is 1. The summed E-state index contributed by atoms with van der Waals surface area (Å²) in [5, 5.41) is 0. The van der Waals surface area contributed by atoms with Crippen molar-refractivity contribution >= 4 is 11.8 Å². The first-order chi connectivity index (χ1) is 15.2. The molecule has 6 heteroatoms. The van der Waals surface area contributed by atoms with Crippen molar-refractivity contribution in [3.63, 3.8) is 0 Å². The maximum absolute atomic E-state index is 13.0. The molecular weight excluding hydrogens is 392 g/mol. The summed E-state index contributed by atoms with van der Waals surface area (Å²) in [6.45, 7) is 3.42. The third-order valence-corrected chi connectivity index (χ3v) is 6.20. The van der Waals surface area contributed by atoms with Crippen LogP contribution in [0.15, 0.2) is 48.5 Å². The Morgan fingerprint density at radius 1 is 0.903 bits per heavy atom. The van der Waals surface area contributed by atoms with E-state index in [1.165, 1.54) is 0 Å². The summed E-state index contributed by atoms with van der Waals surface area (Å²) in [7, 11) is 1.58. The first-order valence-electron chi connectivity index (χ1n) is 11.1. The molecule has 31 heavy (non-hydrogen) atoms. The molecule has 164 valence electrons. The van der Waals surface area contributed by atoms with Gasteiger partial charge in [-0.05, 0) is 49.4 Å². The molecule has 0 saturated carbocycles. The Labute approximate surface area is 183 Å². The zero-order chi connectivity index (χ0) is 21.6. The van der Waals surface area contributed by atoms with Gasteiger partial charge in [-0.2, -0.15) is 0 Å². The lowest BCUT2D eigenvalue weighted by atomic mass is 9.95. The van der Waals surface area contributed by atoms with Crippen LogP contribution in [0.4, 0.5) is 0 Å². The van der Waals surface area contributed by atoms with Crippen molar-refractivity contribution in [3.05, 3.63) is 59.7 Å². The molecule has 2 saturated heterocycles. The number of carbonyl (C=O) groups excluding carboxylic acids is 2. The van der Waals surface area contributed by atoms with Crippen molar-refractivity contribution < 1.29 is 19.1 Å². The average Bonchev–Trinajstić information content (AvgIpc) is 3.37. The monoisotopic (exact) mass is 422 g/mol. The standard InChI is InChI=1S/C25H30N2O4/c1-30-23-17-21(9-10-22(23)31-18-19-7-3-2-4-8-19)25(29)27-15-11-20(12-16-27)24(28)26-13-5-6-14-26/h2-4,7-10,17,20H,5-6,11-16,18H2,1H3. The van der Waals surface area contributed by atoms with E-state index in [1.807, 2.05) is 40.1 Å². The summed E-state index contributed by atoms with van der Waals surface area (Å²) in [6.07, 6.45) is 3.68. The highest BCUT2D eigenvalue weighted by atomic mass is 16.5. The first kappa shape index (κ1) is 21.2. The summed E-state index contributed by atoms with van der Waals surface area (Å²) in [5.74, 6) is 1.44. The molecule has 4 rings (SSSR count). The minimum Gasteiger partial charge on any atom is -0.493 e. The zero-order valence-corrected chi connectivity index (χ0v) is 18.1. The zero-order valence-electron chi connectivity index (χ0n) is 18.1. The summed E-state index contributed by atoms with van der Waals surface area (Å²) in [5.41, 5.74) is 1.64. The van der Waals surface area contributed by atoms with Crippen LogP contribution in [0.2, 0.25) is 0 Å². The van der Waals surface area contributed by atoms with Gasteiger partial charge in [0.25, 0.3) is 5.91 Å². The fourth-order valence-electron chi connectivity index (χ4n) is 4.36. The Bertz CT molecular complexity index is 901. The molecule has 6 nitrogen and oxygen atoms in total. The summed E-state index contributed by atoms with van der Waals surface area (Å²) in [4.78, 5) is 29.5. The molecule has 2 aromatic carbocycles. The molecule has 0 radical (unpaired) electrons. The number of hydrogen-bond acceptors (Lipinski definition) is 4. The van der Waals surface area contributed by atoms with Crippen LogP contribution in [0.25, 0.3) is 0 Å². The van der Waals surface area contributed by atoms with Gasteiger partial charge >= 0.3 is 0 Å². The Morgan fingerprint density at radius 3 is 2.29 bits per heavy atom. The highest BCUT2D eigenvalue weighted by Gasteiger charge is 2.31. The SMILES string of the molecule is COc1cc(C(=O)N2CCC(C(=O)N3CCCC3)CC2)ccc1OCc1ccccc1. The second-order valence-electron chi connectivity index (χ2n) is 8.24. The van der Waals surface area contributed by atoms with Gasteiger partial charge in [-0.15, -0.1) is 0 Å². The number of carbonyl (C=O) groups is 2. The molecule has 0 unspecified atom stereocenters. The van der Waals surface area contributed by atoms with Gasteiger partial charge in [-0.3, -0.25) is 9.59 Å². The van der Waals surface area contributed by atoms with Crippen LogP contribution >= 0.6 is 0 Å². The van der Waals surface area contributed by atoms with Gasteiger partial charge in [0.15, 0.2) is 11.5 Å². The van der Waals surface area contributed by atoms with Crippen molar-refractivity contribution in [1.82, 2.24) is 9.80 Å². The molecule has 2 amide bonds. The predicted molar refractivity (Wildman–Crippen MR) is 118 cm³/mol. The van der Waals surface area contributed by atoms with Crippen LogP contribution in [-0.2, 0) is 11.4 Å². The first-order valence-corrected chi connectivity index (χ1v) is 11.1. The van der Waals surface area contributed by atoms with Crippen LogP contribution in [0.5, 0.6) is 11.5 Å². The van der Waals surface area contributed by atoms with E-state index in [0.717, 1.165) is 44.3 Å². The lowest BCUT2D eigenvalue weighted by molar-refractivity contribution is -0.135. The molecule has 0 N–H and O–H groups in total. The van der Waals surface area contributed by atoms with Gasteiger partial charge in [0.1, 0.15) is 6.61 Å². The molecule has 0 spiro atoms. The summed E-state index contributed by atoms with van der Waals surface area (Å²) in [6, 6.07) is 15.2. The molecule has 2 aromatic rings. The van der Waals surface area contributed by atoms with E-state index in [-0.39, 0.29) is 17.7 Å². The molecule has 2 aliphatic rings. The van der Waals surface area contributed by atoms with E-state index in [2.05, 4.69) is 0 Å². The van der Waals surface area contributed by atoms with Gasteiger partial charge in [-0.1, -0.05) is 30.3 Å². The number of piperidine rings is 1. The van der Waals surface area contributed by atoms with Crippen LogP contribution in [-0.4, -0.2) is 54.9 Å². The molecule has 0 atom stereocenters. The van der Waals surface area contributed by atoms with Crippen LogP contribution in [0.3, 0.4) is 0 Å². The third kappa shape index (κ3) is 5.01. The third-order valence-electron chi connectivity index (χ3n) is 6.20. The maximum Gasteiger partial charge on any atom is 0.253 e. The number of ether oxygens (including phenoxy) is 2. The second-order valence-corrected chi connectivity index (χ2v) is 8.24. The molecule has 2 fully saturated rings. The largest absolute Gasteiger partial charge is 0.493 e. The van der Waals surface area contributed by atoms with E-state index in [4.69, 9.17) is 9.47 Å². The molecule has 0 aliphatic carbocycles. The second kappa shape index (κ2) is 9.86. The van der Waals surface area contributed by atoms with Crippen molar-refractivity contribution in [2.45, 2.75) is 32.3 Å². The minimum absolute atomic E-state index is 0.0278. The van der Waals surface area contributed by atoms with E-state index in [9.17, 15) is 9.59 Å². The molecule has 0 bridgehead atoms. The van der Waals surface area contributed by atoms with Crippen molar-refractivity contribution in [2.75, 3.05) is 33.3 Å². The minimum atomic E-state index is -0.0278. The lowest BCUT2D eigenvalue weighted by Crippen LogP contribution is -2.43. The van der Waals surface area contributed by atoms with Gasteiger partial charge in [-0.25, -0.2) is 0 Å². The molecule has 2 heterocycles. The Morgan fingerprint density at radius 2 is 1.61 bits per heavy atom. The fourth-order valence-corrected chi connectivity index (χ4v) is 4.36. The number of likely N-dealkylation sites (tertiary alicyclic amines) is 2. The van der Waals surface area contributed by atoms with Crippen molar-refractivity contribution in [3.8, 4) is 11.5 Å². The van der Waals surface area contributed by atoms with Crippen molar-refractivity contribution in [2.24, 2.45) is 5.92 Å². The van der Waals surface area contributed by atoms with E-state index in [1.54, 1.807) is 25.3 Å². The lowest BCUT2D eigenvalue weighted by Gasteiger charge is -2.33. The number of rotatable bonds is 6. The number of benzene rings is 2. The van der Waals surface area contributed by atoms with Crippen LogP contribution in [0, 0.1) is 5.92 Å². The Hall–Kier alpha value is -3.02. The number of amides is 2. The number of nitrogens with zero attached hydrogens (tertiary/aromatic N) is 2. The van der Waals surface area contributed by atoms with E-state index >= 15 is 0 Å².